The van der Waals surface area contributed by atoms with Crippen molar-refractivity contribution in [3.05, 3.63) is 41.5 Å². The normalized spacial score (nSPS) is 27.3. The second-order valence-electron chi connectivity index (χ2n) is 4.92. The van der Waals surface area contributed by atoms with E-state index in [9.17, 15) is 14.7 Å². The lowest BCUT2D eigenvalue weighted by atomic mass is 9.79. The van der Waals surface area contributed by atoms with Crippen LogP contribution in [0, 0.1) is 5.92 Å². The highest BCUT2D eigenvalue weighted by Crippen LogP contribution is 2.44. The van der Waals surface area contributed by atoms with Crippen LogP contribution in [0.4, 0.5) is 5.69 Å². The number of carboxylic acid groups (broad SMARTS) is 2. The van der Waals surface area contributed by atoms with Gasteiger partial charge in [-0.05, 0) is 30.2 Å². The highest BCUT2D eigenvalue weighted by molar-refractivity contribution is 5.89. The molecular formula is C14H13NO4. The molecule has 3 rings (SSSR count). The lowest BCUT2D eigenvalue weighted by molar-refractivity contribution is -0.139. The Balaban J connectivity index is 2.08. The quantitative estimate of drug-likeness (QED) is 0.706. The van der Waals surface area contributed by atoms with Gasteiger partial charge in [0.05, 0.1) is 5.56 Å². The van der Waals surface area contributed by atoms with Gasteiger partial charge in [0.15, 0.2) is 0 Å². The Labute approximate surface area is 109 Å². The molecule has 3 atom stereocenters. The number of fused-ring (bicyclic) bond motifs is 3. The average molecular weight is 259 g/mol. The Hall–Kier alpha value is -2.30. The molecule has 5 heteroatoms. The van der Waals surface area contributed by atoms with Crippen molar-refractivity contribution >= 4 is 17.6 Å². The molecular weight excluding hydrogens is 246 g/mol. The number of nitrogens with one attached hydrogen (secondary N) is 1. The smallest absolute Gasteiger partial charge is 0.335 e. The Bertz CT molecular complexity index is 593. The van der Waals surface area contributed by atoms with Crippen LogP contribution in [0.3, 0.4) is 0 Å². The number of hydrogen-bond donors (Lipinski definition) is 3. The maximum absolute atomic E-state index is 11.3. The molecule has 2 aliphatic rings. The molecule has 0 unspecified atom stereocenters. The zero-order valence-corrected chi connectivity index (χ0v) is 10.0. The lowest BCUT2D eigenvalue weighted by Gasteiger charge is -2.34. The Kier molecular flexibility index (Phi) is 2.55. The van der Waals surface area contributed by atoms with E-state index in [-0.39, 0.29) is 17.4 Å². The average Bonchev–Trinajstić information content (AvgIpc) is 2.86. The molecule has 0 bridgehead atoms. The molecule has 1 heterocycles. The van der Waals surface area contributed by atoms with E-state index in [2.05, 4.69) is 5.32 Å². The van der Waals surface area contributed by atoms with Crippen LogP contribution in [-0.2, 0) is 4.79 Å². The van der Waals surface area contributed by atoms with Crippen LogP contribution in [0.15, 0.2) is 30.4 Å². The zero-order chi connectivity index (χ0) is 13.6. The predicted octanol–water partition coefficient (Wildman–Crippen LogP) is 1.92. The fourth-order valence-corrected chi connectivity index (χ4v) is 2.97. The van der Waals surface area contributed by atoms with E-state index in [1.165, 1.54) is 6.07 Å². The third kappa shape index (κ3) is 1.78. The maximum Gasteiger partial charge on any atom is 0.335 e. The SMILES string of the molecule is O=C(O)c1ccc2c(c1)[C@@H]1C=CC[C@H]1[C@H](C(=O)O)N2. The molecule has 0 saturated heterocycles. The van der Waals surface area contributed by atoms with Gasteiger partial charge >= 0.3 is 11.9 Å². The topological polar surface area (TPSA) is 86.6 Å². The van der Waals surface area contributed by atoms with Crippen molar-refractivity contribution in [3.63, 3.8) is 0 Å². The molecule has 0 aromatic heterocycles. The number of hydrogen-bond acceptors (Lipinski definition) is 3. The summed E-state index contributed by atoms with van der Waals surface area (Å²) in [5.41, 5.74) is 1.81. The zero-order valence-electron chi connectivity index (χ0n) is 10.0. The molecule has 5 nitrogen and oxygen atoms in total. The Morgan fingerprint density at radius 2 is 2.05 bits per heavy atom. The fourth-order valence-electron chi connectivity index (χ4n) is 2.97. The molecule has 98 valence electrons. The predicted molar refractivity (Wildman–Crippen MR) is 68.4 cm³/mol. The Morgan fingerprint density at radius 1 is 1.26 bits per heavy atom. The second kappa shape index (κ2) is 4.12. The molecule has 0 fully saturated rings. The summed E-state index contributed by atoms with van der Waals surface area (Å²) in [5.74, 6) is -1.90. The van der Waals surface area contributed by atoms with Crippen LogP contribution < -0.4 is 5.32 Å². The minimum atomic E-state index is -0.971. The van der Waals surface area contributed by atoms with Gasteiger partial charge < -0.3 is 15.5 Å². The molecule has 0 saturated carbocycles. The third-order valence-electron chi connectivity index (χ3n) is 3.88. The maximum atomic E-state index is 11.3. The van der Waals surface area contributed by atoms with Crippen LogP contribution in [0.2, 0.25) is 0 Å². The van der Waals surface area contributed by atoms with Crippen molar-refractivity contribution in [1.29, 1.82) is 0 Å². The number of anilines is 1. The minimum Gasteiger partial charge on any atom is -0.480 e. The number of carbonyl (C=O) groups is 2. The van der Waals surface area contributed by atoms with Crippen molar-refractivity contribution < 1.29 is 19.8 Å². The van der Waals surface area contributed by atoms with Gasteiger partial charge in [-0.3, -0.25) is 0 Å². The molecule has 0 radical (unpaired) electrons. The van der Waals surface area contributed by atoms with Crippen molar-refractivity contribution in [2.45, 2.75) is 18.4 Å². The summed E-state index contributed by atoms with van der Waals surface area (Å²) in [4.78, 5) is 22.3. The first-order valence-corrected chi connectivity index (χ1v) is 6.11. The Morgan fingerprint density at radius 3 is 2.74 bits per heavy atom. The van der Waals surface area contributed by atoms with Gasteiger partial charge in [0.2, 0.25) is 0 Å². The minimum absolute atomic E-state index is 0.0170. The summed E-state index contributed by atoms with van der Waals surface area (Å²) in [6, 6.07) is 4.15. The first-order valence-electron chi connectivity index (χ1n) is 6.11. The van der Waals surface area contributed by atoms with Gasteiger partial charge in [0.25, 0.3) is 0 Å². The first-order chi connectivity index (χ1) is 9.08. The summed E-state index contributed by atoms with van der Waals surface area (Å²) < 4.78 is 0. The standard InChI is InChI=1S/C14H13NO4/c16-13(17)7-4-5-11-10(6-7)8-2-1-3-9(8)12(15-11)14(18)19/h1-2,4-6,8-9,12,15H,3H2,(H,16,17)(H,18,19)/t8-,9-,12-/m1/s1. The van der Waals surface area contributed by atoms with Crippen molar-refractivity contribution in [3.8, 4) is 0 Å². The van der Waals surface area contributed by atoms with Crippen LogP contribution in [-0.4, -0.2) is 28.2 Å². The van der Waals surface area contributed by atoms with Gasteiger partial charge in [-0.2, -0.15) is 0 Å². The number of carboxylic acids is 2. The van der Waals surface area contributed by atoms with Crippen LogP contribution >= 0.6 is 0 Å². The van der Waals surface area contributed by atoms with Gasteiger partial charge in [-0.15, -0.1) is 0 Å². The van der Waals surface area contributed by atoms with Crippen molar-refractivity contribution in [2.75, 3.05) is 5.32 Å². The van der Waals surface area contributed by atoms with E-state index in [0.717, 1.165) is 5.56 Å². The summed E-state index contributed by atoms with van der Waals surface area (Å²) in [6.45, 7) is 0. The second-order valence-corrected chi connectivity index (χ2v) is 4.92. The van der Waals surface area contributed by atoms with E-state index in [1.54, 1.807) is 12.1 Å². The van der Waals surface area contributed by atoms with Gasteiger partial charge in [0, 0.05) is 17.5 Å². The highest BCUT2D eigenvalue weighted by Gasteiger charge is 2.40. The number of rotatable bonds is 2. The van der Waals surface area contributed by atoms with E-state index >= 15 is 0 Å². The summed E-state index contributed by atoms with van der Waals surface area (Å²) in [7, 11) is 0. The summed E-state index contributed by atoms with van der Waals surface area (Å²) >= 11 is 0. The van der Waals surface area contributed by atoms with Crippen LogP contribution in [0.25, 0.3) is 0 Å². The van der Waals surface area contributed by atoms with E-state index in [0.29, 0.717) is 12.1 Å². The van der Waals surface area contributed by atoms with Gasteiger partial charge in [-0.1, -0.05) is 12.2 Å². The molecule has 1 aliphatic carbocycles. The molecule has 19 heavy (non-hydrogen) atoms. The first kappa shape index (κ1) is 11.8. The van der Waals surface area contributed by atoms with Crippen LogP contribution in [0.1, 0.15) is 28.3 Å². The molecule has 0 spiro atoms. The number of aliphatic carboxylic acids is 1. The summed E-state index contributed by atoms with van der Waals surface area (Å²) in [5, 5.41) is 21.3. The number of benzene rings is 1. The van der Waals surface area contributed by atoms with E-state index in [1.807, 2.05) is 12.2 Å². The molecule has 3 N–H and O–H groups in total. The van der Waals surface area contributed by atoms with Crippen molar-refractivity contribution in [2.24, 2.45) is 5.92 Å². The summed E-state index contributed by atoms with van der Waals surface area (Å²) in [6.07, 6.45) is 4.65. The molecule has 0 amide bonds. The number of aromatic carboxylic acids is 1. The van der Waals surface area contributed by atoms with E-state index in [4.69, 9.17) is 5.11 Å². The van der Waals surface area contributed by atoms with Gasteiger partial charge in [-0.25, -0.2) is 9.59 Å². The molecule has 1 aromatic carbocycles. The molecule has 1 aromatic rings. The molecule has 1 aliphatic heterocycles. The fraction of sp³-hybridized carbons (Fsp3) is 0.286. The lowest BCUT2D eigenvalue weighted by Crippen LogP contribution is -2.41. The highest BCUT2D eigenvalue weighted by atomic mass is 16.4. The van der Waals surface area contributed by atoms with Crippen LogP contribution in [0.5, 0.6) is 0 Å². The van der Waals surface area contributed by atoms with Gasteiger partial charge in [0.1, 0.15) is 6.04 Å². The van der Waals surface area contributed by atoms with E-state index < -0.39 is 18.0 Å². The number of allylic oxidation sites excluding steroid dienone is 2. The largest absolute Gasteiger partial charge is 0.480 e. The third-order valence-corrected chi connectivity index (χ3v) is 3.88. The monoisotopic (exact) mass is 259 g/mol. The van der Waals surface area contributed by atoms with Crippen molar-refractivity contribution in [1.82, 2.24) is 0 Å².